The molecule has 0 fully saturated rings. The Morgan fingerprint density at radius 3 is 2.03 bits per heavy atom. The van der Waals surface area contributed by atoms with Crippen molar-refractivity contribution in [2.24, 2.45) is 16.2 Å². The summed E-state index contributed by atoms with van der Waals surface area (Å²) < 4.78 is 6.68. The second-order valence-corrected chi connectivity index (χ2v) is 19.6. The highest BCUT2D eigenvalue weighted by Crippen LogP contribution is 2.46. The molecule has 0 saturated carbocycles. The molecule has 1 aliphatic carbocycles. The predicted molar refractivity (Wildman–Crippen MR) is 259 cm³/mol. The zero-order chi connectivity index (χ0) is 48.3. The van der Waals surface area contributed by atoms with Crippen LogP contribution in [0, 0.1) is 16.2 Å². The lowest BCUT2D eigenvalue weighted by molar-refractivity contribution is -0.870. The monoisotopic (exact) mass is 917 g/mol. The minimum absolute atomic E-state index is 0.0319. The molecule has 8 N–H and O–H groups in total. The number of carbonyl (C=O) groups excluding carboxylic acids is 3. The van der Waals surface area contributed by atoms with Gasteiger partial charge in [-0.3, -0.25) is 19.2 Å². The number of carboxylic acids is 1. The van der Waals surface area contributed by atoms with Gasteiger partial charge in [0.15, 0.2) is 10.5 Å². The van der Waals surface area contributed by atoms with E-state index in [1.807, 2.05) is 34.6 Å². The largest absolute Gasteiger partial charge is 0.508 e. The van der Waals surface area contributed by atoms with Crippen molar-refractivity contribution in [2.45, 2.75) is 92.6 Å². The summed E-state index contributed by atoms with van der Waals surface area (Å²) in [5, 5.41) is 46.4. The van der Waals surface area contributed by atoms with Crippen molar-refractivity contribution in [1.29, 1.82) is 0 Å². The summed E-state index contributed by atoms with van der Waals surface area (Å²) >= 11 is 5.55. The second kappa shape index (κ2) is 22.1. The zero-order valence-electron chi connectivity index (χ0n) is 39.4. The van der Waals surface area contributed by atoms with Crippen LogP contribution in [0.25, 0.3) is 33.4 Å². The van der Waals surface area contributed by atoms with Gasteiger partial charge in [-0.25, -0.2) is 4.79 Å². The molecule has 65 heavy (non-hydrogen) atoms. The summed E-state index contributed by atoms with van der Waals surface area (Å²) in [6.45, 7) is 13.2. The molecule has 0 aromatic heterocycles. The van der Waals surface area contributed by atoms with Crippen molar-refractivity contribution in [2.75, 3.05) is 59.2 Å². The number of nitrogens with one attached hydrogen (secondary N) is 5. The lowest BCUT2D eigenvalue weighted by Gasteiger charge is -2.42. The number of benzene rings is 3. The number of anilines is 1. The van der Waals surface area contributed by atoms with E-state index in [1.165, 1.54) is 30.3 Å². The predicted octanol–water partition coefficient (Wildman–Crippen LogP) is 6.48. The summed E-state index contributed by atoms with van der Waals surface area (Å²) in [5.41, 5.74) is -1.17. The number of hydrogen-bond donors (Lipinski definition) is 8. The molecule has 0 spiro atoms. The number of phenolic OH excluding ortho intramolecular Hbond substituents is 1. The maximum absolute atomic E-state index is 14.2. The molecule has 0 bridgehead atoms. The molecule has 1 aliphatic heterocycles. The smallest absolute Gasteiger partial charge is 0.336 e. The molecular formula is C49H69N6O9S+. The lowest BCUT2D eigenvalue weighted by Crippen LogP contribution is -2.52. The van der Waals surface area contributed by atoms with E-state index in [0.717, 1.165) is 17.4 Å². The molecule has 0 saturated heterocycles. The van der Waals surface area contributed by atoms with Crippen molar-refractivity contribution in [3.8, 4) is 28.2 Å². The SMILES string of the molecule is CCCC(C)(CC(C)(CC(C)(CC)C(=O)NCCCNC(=S)Nc1ccc(-c2c3ccc(=O)cc-3oc3cc(O)ccc23)c(C(=O)O)c1)C(=O)NCCC[N+](C)(C)C)C(=O)NCC(C)O. The van der Waals surface area contributed by atoms with Gasteiger partial charge in [0.1, 0.15) is 17.1 Å². The summed E-state index contributed by atoms with van der Waals surface area (Å²) in [4.78, 5) is 66.8. The first-order valence-corrected chi connectivity index (χ1v) is 22.8. The number of phenols is 1. The summed E-state index contributed by atoms with van der Waals surface area (Å²) in [6.07, 6.45) is 2.61. The number of amides is 3. The van der Waals surface area contributed by atoms with Crippen molar-refractivity contribution < 1.29 is 43.4 Å². The minimum atomic E-state index is -1.19. The van der Waals surface area contributed by atoms with Gasteiger partial charge in [-0.1, -0.05) is 47.1 Å². The number of carbonyl (C=O) groups is 4. The van der Waals surface area contributed by atoms with Gasteiger partial charge in [0.25, 0.3) is 0 Å². The first-order valence-electron chi connectivity index (χ1n) is 22.4. The number of rotatable bonds is 23. The number of thiocarbonyl (C=S) groups is 1. The highest BCUT2D eigenvalue weighted by Gasteiger charge is 2.49. The van der Waals surface area contributed by atoms with Gasteiger partial charge >= 0.3 is 5.97 Å². The Balaban J connectivity index is 1.43. The Hall–Kier alpha value is -5.58. The molecule has 1 heterocycles. The normalized spacial score (nSPS) is 14.9. The van der Waals surface area contributed by atoms with E-state index < -0.39 is 28.3 Å². The average molecular weight is 918 g/mol. The summed E-state index contributed by atoms with van der Waals surface area (Å²) in [7, 11) is 6.27. The van der Waals surface area contributed by atoms with E-state index in [9.17, 15) is 39.3 Å². The number of aliphatic hydroxyl groups excluding tert-OH is 1. The zero-order valence-corrected chi connectivity index (χ0v) is 40.2. The number of fused-ring (bicyclic) bond motifs is 2. The fourth-order valence-electron chi connectivity index (χ4n) is 8.61. The number of nitrogens with zero attached hydrogens (tertiary/aromatic N) is 1. The van der Waals surface area contributed by atoms with E-state index in [4.69, 9.17) is 16.6 Å². The molecule has 4 rings (SSSR count). The van der Waals surface area contributed by atoms with Crippen molar-refractivity contribution in [3.63, 3.8) is 0 Å². The third-order valence-electron chi connectivity index (χ3n) is 12.0. The summed E-state index contributed by atoms with van der Waals surface area (Å²) in [5.74, 6) is -1.64. The van der Waals surface area contributed by atoms with Crippen LogP contribution in [0.15, 0.2) is 63.8 Å². The standard InChI is InChI=1S/C49H68N6O9S/c1-10-20-48(5,44(62)53-28-31(3)56)30-49(6,45(63)51-23-13-24-55(7,8)9)29-47(4,11-2)43(61)50-21-12-22-52-46(65)54-32-14-17-35(38(25-32)42(59)60)41-36-18-15-33(57)26-39(36)64-40-27-34(58)16-19-37(40)41/h14-19,25-27,31,56H,10-13,20-24,28-30H2,1-9H3,(H6-,50,51,52,53,54,57,58,59,60,61,62,63,65)/p+1. The topological polar surface area (TPSA) is 219 Å². The number of quaternary nitrogens is 1. The summed E-state index contributed by atoms with van der Waals surface area (Å²) in [6, 6.07) is 13.6. The van der Waals surface area contributed by atoms with Gasteiger partial charge in [0.2, 0.25) is 17.7 Å². The average Bonchev–Trinajstić information content (AvgIpc) is 3.22. The van der Waals surface area contributed by atoms with Gasteiger partial charge in [0, 0.05) is 83.2 Å². The molecule has 4 unspecified atom stereocenters. The Bertz CT molecular complexity index is 2380. The fraction of sp³-hybridized carbons (Fsp3) is 0.510. The maximum Gasteiger partial charge on any atom is 0.336 e. The van der Waals surface area contributed by atoms with Gasteiger partial charge in [0.05, 0.1) is 39.4 Å². The van der Waals surface area contributed by atoms with Crippen LogP contribution >= 0.6 is 12.2 Å². The van der Waals surface area contributed by atoms with Crippen LogP contribution in [-0.2, 0) is 14.4 Å². The van der Waals surface area contributed by atoms with E-state index in [0.29, 0.717) is 73.1 Å². The highest BCUT2D eigenvalue weighted by atomic mass is 32.1. The third kappa shape index (κ3) is 14.0. The van der Waals surface area contributed by atoms with Crippen molar-refractivity contribution in [3.05, 3.63) is 70.4 Å². The molecule has 0 radical (unpaired) electrons. The van der Waals surface area contributed by atoms with Crippen LogP contribution < -0.4 is 32.0 Å². The van der Waals surface area contributed by atoms with Crippen molar-refractivity contribution >= 4 is 57.7 Å². The molecule has 4 atom stereocenters. The van der Waals surface area contributed by atoms with Crippen LogP contribution in [0.1, 0.15) is 96.8 Å². The fourth-order valence-corrected chi connectivity index (χ4v) is 8.83. The van der Waals surface area contributed by atoms with E-state index in [-0.39, 0.29) is 70.3 Å². The van der Waals surface area contributed by atoms with Gasteiger partial charge in [-0.15, -0.1) is 0 Å². The van der Waals surface area contributed by atoms with Crippen LogP contribution in [0.4, 0.5) is 5.69 Å². The van der Waals surface area contributed by atoms with Crippen LogP contribution in [0.2, 0.25) is 0 Å². The first-order chi connectivity index (χ1) is 30.4. The Labute approximate surface area is 387 Å². The van der Waals surface area contributed by atoms with E-state index >= 15 is 0 Å². The van der Waals surface area contributed by atoms with E-state index in [1.54, 1.807) is 31.2 Å². The number of aromatic carboxylic acids is 1. The van der Waals surface area contributed by atoms with Gasteiger partial charge in [-0.05, 0) is 93.2 Å². The van der Waals surface area contributed by atoms with E-state index in [2.05, 4.69) is 47.7 Å². The number of aliphatic hydroxyl groups is 1. The van der Waals surface area contributed by atoms with Gasteiger partial charge < -0.3 is 50.8 Å². The van der Waals surface area contributed by atoms with Crippen molar-refractivity contribution in [1.82, 2.24) is 21.3 Å². The minimum Gasteiger partial charge on any atom is -0.508 e. The second-order valence-electron chi connectivity index (χ2n) is 19.2. The molecular weight excluding hydrogens is 849 g/mol. The van der Waals surface area contributed by atoms with Crippen LogP contribution in [-0.4, -0.2) is 109 Å². The molecule has 2 aliphatic rings. The molecule has 16 heteroatoms. The molecule has 3 amide bonds. The molecule has 2 aromatic carbocycles. The number of hydrogen-bond acceptors (Lipinski definition) is 9. The van der Waals surface area contributed by atoms with Crippen LogP contribution in [0.3, 0.4) is 0 Å². The Kier molecular flexibility index (Phi) is 17.7. The highest BCUT2D eigenvalue weighted by molar-refractivity contribution is 7.80. The Morgan fingerprint density at radius 2 is 1.40 bits per heavy atom. The lowest BCUT2D eigenvalue weighted by atomic mass is 9.62. The molecule has 354 valence electrons. The van der Waals surface area contributed by atoms with Crippen LogP contribution in [0.5, 0.6) is 5.75 Å². The first kappa shape index (κ1) is 52.0. The quantitative estimate of drug-likeness (QED) is 0.0174. The number of carboxylic acid groups (broad SMARTS) is 1. The molecule has 15 nitrogen and oxygen atoms in total. The van der Waals surface area contributed by atoms with Gasteiger partial charge in [-0.2, -0.15) is 0 Å². The third-order valence-corrected chi connectivity index (χ3v) is 12.3. The Morgan fingerprint density at radius 1 is 0.785 bits per heavy atom. The number of aromatic hydroxyl groups is 1. The maximum atomic E-state index is 14.2. The molecule has 2 aromatic rings.